The van der Waals surface area contributed by atoms with E-state index in [1.165, 1.54) is 32.1 Å². The van der Waals surface area contributed by atoms with Crippen LogP contribution < -0.4 is 0 Å². The molecule has 2 aromatic rings. The molecule has 17 heavy (non-hydrogen) atoms. The summed E-state index contributed by atoms with van der Waals surface area (Å²) in [6.07, 6.45) is 8.71. The van der Waals surface area contributed by atoms with E-state index in [1.54, 1.807) is 10.7 Å². The van der Waals surface area contributed by atoms with Crippen molar-refractivity contribution in [3.63, 3.8) is 0 Å². The minimum absolute atomic E-state index is 0.526. The molecule has 1 fully saturated rings. The molecule has 4 heteroatoms. The van der Waals surface area contributed by atoms with E-state index in [2.05, 4.69) is 10.1 Å². The average Bonchev–Trinajstić information content (AvgIpc) is 2.81. The Labute approximate surface area is 99.7 Å². The van der Waals surface area contributed by atoms with Crippen molar-refractivity contribution >= 4 is 11.9 Å². The number of rotatable bonds is 2. The molecule has 0 N–H and O–H groups in total. The van der Waals surface area contributed by atoms with Gasteiger partial charge in [-0.25, -0.2) is 9.50 Å². The first kappa shape index (κ1) is 10.4. The van der Waals surface area contributed by atoms with Crippen LogP contribution in [-0.2, 0) is 0 Å². The fraction of sp³-hybridized carbons (Fsp3) is 0.462. The van der Waals surface area contributed by atoms with Gasteiger partial charge in [0.05, 0.1) is 11.9 Å². The molecule has 3 rings (SSSR count). The molecule has 0 bridgehead atoms. The van der Waals surface area contributed by atoms with Gasteiger partial charge in [-0.15, -0.1) is 0 Å². The van der Waals surface area contributed by atoms with Crippen LogP contribution in [0.1, 0.15) is 54.2 Å². The van der Waals surface area contributed by atoms with Gasteiger partial charge in [0.1, 0.15) is 5.69 Å². The van der Waals surface area contributed by atoms with E-state index < -0.39 is 0 Å². The topological polar surface area (TPSA) is 47.3 Å². The molecule has 4 nitrogen and oxygen atoms in total. The first-order chi connectivity index (χ1) is 8.38. The molecule has 1 aliphatic rings. The quantitative estimate of drug-likeness (QED) is 0.743. The summed E-state index contributed by atoms with van der Waals surface area (Å²) in [5, 5.41) is 4.55. The van der Waals surface area contributed by atoms with Crippen LogP contribution in [0.3, 0.4) is 0 Å². The smallest absolute Gasteiger partial charge is 0.170 e. The third-order valence-electron chi connectivity index (χ3n) is 3.55. The Hall–Kier alpha value is -1.71. The Morgan fingerprint density at radius 3 is 2.82 bits per heavy atom. The number of carbonyl (C=O) groups excluding carboxylic acids is 1. The van der Waals surface area contributed by atoms with Crippen molar-refractivity contribution in [1.82, 2.24) is 14.6 Å². The molecule has 0 spiro atoms. The van der Waals surface area contributed by atoms with Gasteiger partial charge in [0.25, 0.3) is 0 Å². The van der Waals surface area contributed by atoms with Crippen molar-refractivity contribution in [3.05, 3.63) is 29.7 Å². The van der Waals surface area contributed by atoms with Crippen LogP contribution in [0.4, 0.5) is 0 Å². The Bertz CT molecular complexity index is 541. The van der Waals surface area contributed by atoms with Gasteiger partial charge >= 0.3 is 0 Å². The predicted octanol–water partition coefficient (Wildman–Crippen LogP) is 2.59. The van der Waals surface area contributed by atoms with Crippen LogP contribution >= 0.6 is 0 Å². The number of carbonyl (C=O) groups is 1. The van der Waals surface area contributed by atoms with Crippen molar-refractivity contribution in [2.45, 2.75) is 38.0 Å². The zero-order chi connectivity index (χ0) is 11.7. The summed E-state index contributed by atoms with van der Waals surface area (Å²) in [5.41, 5.74) is 2.36. The number of aldehydes is 1. The molecule has 2 aromatic heterocycles. The van der Waals surface area contributed by atoms with Crippen LogP contribution in [0.5, 0.6) is 0 Å². The highest BCUT2D eigenvalue weighted by Crippen LogP contribution is 2.31. The largest absolute Gasteiger partial charge is 0.296 e. The monoisotopic (exact) mass is 229 g/mol. The Kier molecular flexibility index (Phi) is 2.63. The van der Waals surface area contributed by atoms with E-state index >= 15 is 0 Å². The molecule has 0 amide bonds. The zero-order valence-electron chi connectivity index (χ0n) is 9.67. The molecule has 88 valence electrons. The van der Waals surface area contributed by atoms with Gasteiger partial charge in [-0.1, -0.05) is 19.3 Å². The number of aromatic nitrogens is 3. The fourth-order valence-corrected chi connectivity index (χ4v) is 2.60. The first-order valence-electron chi connectivity index (χ1n) is 6.18. The van der Waals surface area contributed by atoms with Crippen molar-refractivity contribution in [2.24, 2.45) is 0 Å². The highest BCUT2D eigenvalue weighted by Gasteiger charge is 2.17. The van der Waals surface area contributed by atoms with Crippen LogP contribution in [0.15, 0.2) is 18.3 Å². The summed E-state index contributed by atoms with van der Waals surface area (Å²) in [4.78, 5) is 15.0. The normalized spacial score (nSPS) is 17.4. The molecule has 2 heterocycles. The maximum absolute atomic E-state index is 10.9. The highest BCUT2D eigenvalue weighted by molar-refractivity contribution is 5.73. The molecule has 1 aliphatic carbocycles. The number of fused-ring (bicyclic) bond motifs is 1. The molecule has 0 aromatic carbocycles. The van der Waals surface area contributed by atoms with E-state index in [-0.39, 0.29) is 0 Å². The lowest BCUT2D eigenvalue weighted by Gasteiger charge is -2.20. The Morgan fingerprint density at radius 1 is 1.24 bits per heavy atom. The summed E-state index contributed by atoms with van der Waals surface area (Å²) in [7, 11) is 0. The van der Waals surface area contributed by atoms with Crippen molar-refractivity contribution in [2.75, 3.05) is 0 Å². The average molecular weight is 229 g/mol. The summed E-state index contributed by atoms with van der Waals surface area (Å²) in [6.45, 7) is 0. The Balaban J connectivity index is 2.01. The van der Waals surface area contributed by atoms with E-state index in [0.29, 0.717) is 11.6 Å². The SMILES string of the molecule is O=Cc1cnc2ccc(C3CCCCC3)nn12. The summed E-state index contributed by atoms with van der Waals surface area (Å²) >= 11 is 0. The van der Waals surface area contributed by atoms with E-state index in [4.69, 9.17) is 0 Å². The number of imidazole rings is 1. The second-order valence-electron chi connectivity index (χ2n) is 4.66. The van der Waals surface area contributed by atoms with Gasteiger partial charge in [-0.05, 0) is 25.0 Å². The minimum atomic E-state index is 0.526. The van der Waals surface area contributed by atoms with Crippen LogP contribution in [0.2, 0.25) is 0 Å². The van der Waals surface area contributed by atoms with Crippen LogP contribution in [0.25, 0.3) is 5.65 Å². The zero-order valence-corrected chi connectivity index (χ0v) is 9.67. The van der Waals surface area contributed by atoms with Gasteiger partial charge in [-0.2, -0.15) is 5.10 Å². The van der Waals surface area contributed by atoms with Crippen LogP contribution in [0, 0.1) is 0 Å². The molecule has 0 saturated heterocycles. The molecule has 0 aliphatic heterocycles. The first-order valence-corrected chi connectivity index (χ1v) is 6.18. The molecule has 0 atom stereocenters. The van der Waals surface area contributed by atoms with Crippen molar-refractivity contribution in [3.8, 4) is 0 Å². The van der Waals surface area contributed by atoms with Crippen LogP contribution in [-0.4, -0.2) is 20.9 Å². The third-order valence-corrected chi connectivity index (χ3v) is 3.55. The van der Waals surface area contributed by atoms with E-state index in [9.17, 15) is 4.79 Å². The van der Waals surface area contributed by atoms with Gasteiger partial charge in [0.2, 0.25) is 0 Å². The lowest BCUT2D eigenvalue weighted by atomic mass is 9.87. The number of hydrogen-bond acceptors (Lipinski definition) is 3. The standard InChI is InChI=1S/C13H15N3O/c17-9-11-8-14-13-7-6-12(15-16(11)13)10-4-2-1-3-5-10/h6-10H,1-5H2. The predicted molar refractivity (Wildman–Crippen MR) is 64.2 cm³/mol. The van der Waals surface area contributed by atoms with Gasteiger partial charge in [0.15, 0.2) is 11.9 Å². The lowest BCUT2D eigenvalue weighted by Crippen LogP contribution is -2.09. The second-order valence-corrected chi connectivity index (χ2v) is 4.66. The molecular formula is C13H15N3O. The van der Waals surface area contributed by atoms with Gasteiger partial charge < -0.3 is 0 Å². The maximum atomic E-state index is 10.9. The van der Waals surface area contributed by atoms with Gasteiger partial charge in [0, 0.05) is 5.92 Å². The second kappa shape index (κ2) is 4.28. The molecule has 1 saturated carbocycles. The minimum Gasteiger partial charge on any atom is -0.296 e. The maximum Gasteiger partial charge on any atom is 0.170 e. The van der Waals surface area contributed by atoms with E-state index in [1.807, 2.05) is 12.1 Å². The third kappa shape index (κ3) is 1.84. The van der Waals surface area contributed by atoms with Crippen molar-refractivity contribution in [1.29, 1.82) is 0 Å². The molecular weight excluding hydrogens is 214 g/mol. The highest BCUT2D eigenvalue weighted by atomic mass is 16.1. The van der Waals surface area contributed by atoms with E-state index in [0.717, 1.165) is 17.6 Å². The van der Waals surface area contributed by atoms with Gasteiger partial charge in [-0.3, -0.25) is 4.79 Å². The Morgan fingerprint density at radius 2 is 2.06 bits per heavy atom. The lowest BCUT2D eigenvalue weighted by molar-refractivity contribution is 0.111. The molecule has 0 unspecified atom stereocenters. The van der Waals surface area contributed by atoms with Crippen molar-refractivity contribution < 1.29 is 4.79 Å². The fourth-order valence-electron chi connectivity index (χ4n) is 2.60. The summed E-state index contributed by atoms with van der Waals surface area (Å²) in [5.74, 6) is 0.551. The molecule has 0 radical (unpaired) electrons. The number of hydrogen-bond donors (Lipinski definition) is 0. The summed E-state index contributed by atoms with van der Waals surface area (Å²) in [6, 6.07) is 4.00. The summed E-state index contributed by atoms with van der Waals surface area (Å²) < 4.78 is 1.65. The number of nitrogens with zero attached hydrogens (tertiary/aromatic N) is 3.